The van der Waals surface area contributed by atoms with Crippen molar-refractivity contribution in [2.75, 3.05) is 5.33 Å². The topological polar surface area (TPSA) is 40.5 Å². The molecule has 1 aromatic rings. The number of rotatable bonds is 3. The molecule has 15 heavy (non-hydrogen) atoms. The lowest BCUT2D eigenvalue weighted by Gasteiger charge is -2.19. The van der Waals surface area contributed by atoms with Crippen LogP contribution in [0.15, 0.2) is 24.3 Å². The molecule has 2 N–H and O–H groups in total. The number of alkyl halides is 1. The molecule has 2 atom stereocenters. The molecule has 0 radical (unpaired) electrons. The lowest BCUT2D eigenvalue weighted by Crippen LogP contribution is -2.20. The van der Waals surface area contributed by atoms with Crippen molar-refractivity contribution in [1.29, 1.82) is 0 Å². The molecule has 2 rings (SSSR count). The zero-order chi connectivity index (χ0) is 10.8. The van der Waals surface area contributed by atoms with Gasteiger partial charge in [0, 0.05) is 5.33 Å². The van der Waals surface area contributed by atoms with E-state index in [-0.39, 0.29) is 0 Å². The van der Waals surface area contributed by atoms with Crippen molar-refractivity contribution in [1.82, 2.24) is 0 Å². The monoisotopic (exact) mass is 268 g/mol. The van der Waals surface area contributed by atoms with Crippen LogP contribution in [0.5, 0.6) is 0 Å². The van der Waals surface area contributed by atoms with Gasteiger partial charge in [0.05, 0.1) is 6.10 Å². The molecular formula is C12H13BrO2. The van der Waals surface area contributed by atoms with Crippen molar-refractivity contribution in [2.45, 2.75) is 18.6 Å². The highest BCUT2D eigenvalue weighted by Gasteiger charge is 2.21. The molecule has 80 valence electrons. The van der Waals surface area contributed by atoms with E-state index in [1.165, 1.54) is 0 Å². The molecule has 0 aliphatic heterocycles. The Labute approximate surface area is 97.4 Å². The van der Waals surface area contributed by atoms with Crippen molar-refractivity contribution in [3.8, 4) is 0 Å². The quantitative estimate of drug-likeness (QED) is 0.824. The van der Waals surface area contributed by atoms with Crippen LogP contribution in [-0.2, 0) is 6.42 Å². The molecule has 0 heterocycles. The molecule has 0 saturated carbocycles. The summed E-state index contributed by atoms with van der Waals surface area (Å²) in [6.07, 6.45) is 3.40. The molecule has 1 aromatic carbocycles. The number of aliphatic hydroxyl groups excluding tert-OH is 2. The van der Waals surface area contributed by atoms with E-state index in [1.54, 1.807) is 0 Å². The van der Waals surface area contributed by atoms with Gasteiger partial charge in [-0.25, -0.2) is 0 Å². The van der Waals surface area contributed by atoms with Gasteiger partial charge in [0.2, 0.25) is 0 Å². The van der Waals surface area contributed by atoms with Crippen LogP contribution in [0, 0.1) is 0 Å². The van der Waals surface area contributed by atoms with Crippen molar-refractivity contribution in [3.63, 3.8) is 0 Å². The number of halogens is 1. The van der Waals surface area contributed by atoms with Gasteiger partial charge in [-0.3, -0.25) is 0 Å². The number of fused-ring (bicyclic) bond motifs is 1. The van der Waals surface area contributed by atoms with Crippen LogP contribution in [0.2, 0.25) is 0 Å². The molecule has 3 heteroatoms. The van der Waals surface area contributed by atoms with E-state index in [4.69, 9.17) is 0 Å². The van der Waals surface area contributed by atoms with Crippen LogP contribution in [-0.4, -0.2) is 21.6 Å². The molecule has 1 aliphatic rings. The average molecular weight is 269 g/mol. The predicted molar refractivity (Wildman–Crippen MR) is 63.9 cm³/mol. The summed E-state index contributed by atoms with van der Waals surface area (Å²) in [7, 11) is 0. The average Bonchev–Trinajstić information content (AvgIpc) is 2.74. The Morgan fingerprint density at radius 2 is 2.13 bits per heavy atom. The lowest BCUT2D eigenvalue weighted by molar-refractivity contribution is 0.0338. The smallest absolute Gasteiger partial charge is 0.106 e. The third-order valence-corrected chi connectivity index (χ3v) is 3.37. The fraction of sp³-hybridized carbons (Fsp3) is 0.333. The summed E-state index contributed by atoms with van der Waals surface area (Å²) < 4.78 is 0. The third kappa shape index (κ3) is 2.00. The fourth-order valence-corrected chi connectivity index (χ4v) is 2.24. The molecule has 0 spiro atoms. The number of hydrogen-bond acceptors (Lipinski definition) is 2. The normalized spacial score (nSPS) is 17.5. The van der Waals surface area contributed by atoms with Gasteiger partial charge in [0.15, 0.2) is 0 Å². The third-order valence-electron chi connectivity index (χ3n) is 2.71. The maximum atomic E-state index is 9.95. The molecule has 0 aromatic heterocycles. The van der Waals surface area contributed by atoms with Gasteiger partial charge in [-0.05, 0) is 23.1 Å². The first-order chi connectivity index (χ1) is 7.24. The van der Waals surface area contributed by atoms with Crippen molar-refractivity contribution < 1.29 is 10.2 Å². The molecular weight excluding hydrogens is 256 g/mol. The summed E-state index contributed by atoms with van der Waals surface area (Å²) in [5, 5.41) is 19.9. The van der Waals surface area contributed by atoms with E-state index < -0.39 is 12.2 Å². The minimum Gasteiger partial charge on any atom is -0.389 e. The van der Waals surface area contributed by atoms with Crippen LogP contribution < -0.4 is 0 Å². The van der Waals surface area contributed by atoms with Gasteiger partial charge in [-0.1, -0.05) is 46.3 Å². The number of aliphatic hydroxyl groups is 2. The van der Waals surface area contributed by atoms with E-state index in [1.807, 2.05) is 24.3 Å². The number of benzene rings is 1. The van der Waals surface area contributed by atoms with E-state index >= 15 is 0 Å². The Hall–Kier alpha value is -0.640. The van der Waals surface area contributed by atoms with Crippen molar-refractivity contribution >= 4 is 22.0 Å². The molecule has 1 aliphatic carbocycles. The Morgan fingerprint density at radius 3 is 2.87 bits per heavy atom. The zero-order valence-electron chi connectivity index (χ0n) is 8.23. The molecule has 0 bridgehead atoms. The Balaban J connectivity index is 2.34. The summed E-state index contributed by atoms with van der Waals surface area (Å²) in [5.74, 6) is 0. The van der Waals surface area contributed by atoms with Crippen LogP contribution in [0.3, 0.4) is 0 Å². The molecule has 2 nitrogen and oxygen atoms in total. The minimum atomic E-state index is -0.806. The SMILES string of the molecule is OC(CBr)C(O)c1cccc2c1CC=C2. The second-order valence-corrected chi connectivity index (χ2v) is 4.34. The summed E-state index contributed by atoms with van der Waals surface area (Å²) in [6, 6.07) is 5.81. The van der Waals surface area contributed by atoms with Crippen LogP contribution in [0.25, 0.3) is 6.08 Å². The highest BCUT2D eigenvalue weighted by atomic mass is 79.9. The first-order valence-electron chi connectivity index (χ1n) is 4.94. The van der Waals surface area contributed by atoms with E-state index in [9.17, 15) is 10.2 Å². The van der Waals surface area contributed by atoms with Gasteiger partial charge in [0.1, 0.15) is 6.10 Å². The van der Waals surface area contributed by atoms with Crippen molar-refractivity contribution in [3.05, 3.63) is 41.0 Å². The lowest BCUT2D eigenvalue weighted by atomic mass is 9.96. The summed E-state index contributed by atoms with van der Waals surface area (Å²) in [6.45, 7) is 0. The van der Waals surface area contributed by atoms with Gasteiger partial charge in [-0.15, -0.1) is 0 Å². The molecule has 0 fully saturated rings. The van der Waals surface area contributed by atoms with E-state index in [0.717, 1.165) is 23.1 Å². The maximum absolute atomic E-state index is 9.95. The maximum Gasteiger partial charge on any atom is 0.106 e. The highest BCUT2D eigenvalue weighted by molar-refractivity contribution is 9.09. The number of allylic oxidation sites excluding steroid dienone is 1. The van der Waals surface area contributed by atoms with Gasteiger partial charge in [0.25, 0.3) is 0 Å². The first kappa shape index (κ1) is 10.9. The van der Waals surface area contributed by atoms with E-state index in [2.05, 4.69) is 22.0 Å². The second-order valence-electron chi connectivity index (χ2n) is 3.69. The minimum absolute atomic E-state index is 0.380. The standard InChI is InChI=1S/C12H13BrO2/c13-7-11(14)12(15)10-6-2-4-8-3-1-5-9(8)10/h1-4,6,11-12,14-15H,5,7H2. The van der Waals surface area contributed by atoms with Crippen LogP contribution in [0.1, 0.15) is 22.8 Å². The van der Waals surface area contributed by atoms with Gasteiger partial charge in [-0.2, -0.15) is 0 Å². The van der Waals surface area contributed by atoms with Crippen LogP contribution >= 0.6 is 15.9 Å². The highest BCUT2D eigenvalue weighted by Crippen LogP contribution is 2.29. The van der Waals surface area contributed by atoms with E-state index in [0.29, 0.717) is 5.33 Å². The van der Waals surface area contributed by atoms with Crippen molar-refractivity contribution in [2.24, 2.45) is 0 Å². The Kier molecular flexibility index (Phi) is 3.24. The van der Waals surface area contributed by atoms with Gasteiger partial charge < -0.3 is 10.2 Å². The zero-order valence-corrected chi connectivity index (χ0v) is 9.81. The first-order valence-corrected chi connectivity index (χ1v) is 6.06. The largest absolute Gasteiger partial charge is 0.389 e. The van der Waals surface area contributed by atoms with Crippen LogP contribution in [0.4, 0.5) is 0 Å². The predicted octanol–water partition coefficient (Wildman–Crippen LogP) is 2.05. The second kappa shape index (κ2) is 4.47. The summed E-state index contributed by atoms with van der Waals surface area (Å²) in [5.41, 5.74) is 3.11. The Morgan fingerprint density at radius 1 is 1.33 bits per heavy atom. The molecule has 2 unspecified atom stereocenters. The fourth-order valence-electron chi connectivity index (χ4n) is 1.89. The molecule has 0 saturated heterocycles. The summed E-state index contributed by atoms with van der Waals surface area (Å²) >= 11 is 3.17. The summed E-state index contributed by atoms with van der Waals surface area (Å²) in [4.78, 5) is 0. The Bertz CT molecular complexity index is 387. The molecule has 0 amide bonds. The number of hydrogen-bond donors (Lipinski definition) is 2. The van der Waals surface area contributed by atoms with Gasteiger partial charge >= 0.3 is 0 Å².